The van der Waals surface area contributed by atoms with Crippen molar-refractivity contribution in [2.45, 2.75) is 21.5 Å². The Kier molecular flexibility index (Phi) is 4.31. The molecule has 1 atom stereocenters. The molecule has 1 nitrogen and oxygen atoms in total. The van der Waals surface area contributed by atoms with Crippen LogP contribution < -0.4 is 0 Å². The average Bonchev–Trinajstić information content (AvgIpc) is 3.47. The lowest BCUT2D eigenvalue weighted by Gasteiger charge is -2.27. The van der Waals surface area contributed by atoms with Crippen LogP contribution in [0.3, 0.4) is 0 Å². The van der Waals surface area contributed by atoms with Crippen molar-refractivity contribution in [3.63, 3.8) is 0 Å². The van der Waals surface area contributed by atoms with Crippen molar-refractivity contribution >= 4 is 44.9 Å². The standard InChI is InChI=1S/C26H18OS3/c1-16-10-11-19-15-26(30-22(19)12-16,24-14-18-7-3-5-9-21(18)29-24)25(27)23-13-17-6-2-4-8-20(17)28-23/h2-15,27H,1H3/b25-23+. The van der Waals surface area contributed by atoms with Gasteiger partial charge in [-0.15, -0.1) is 23.1 Å². The molecule has 2 aliphatic heterocycles. The molecule has 0 spiro atoms. The second-order valence-electron chi connectivity index (χ2n) is 7.67. The summed E-state index contributed by atoms with van der Waals surface area (Å²) in [6.07, 6.45) is 4.36. The molecular formula is C26H18OS3. The predicted octanol–water partition coefficient (Wildman–Crippen LogP) is 7.89. The van der Waals surface area contributed by atoms with E-state index in [0.717, 1.165) is 9.78 Å². The molecule has 0 amide bonds. The van der Waals surface area contributed by atoms with Gasteiger partial charge in [0.05, 0.1) is 0 Å². The third-order valence-corrected chi connectivity index (χ3v) is 9.53. The van der Waals surface area contributed by atoms with Gasteiger partial charge in [-0.05, 0) is 53.3 Å². The van der Waals surface area contributed by atoms with E-state index in [1.165, 1.54) is 36.6 Å². The number of fused-ring (bicyclic) bond motifs is 3. The highest BCUT2D eigenvalue weighted by atomic mass is 32.2. The molecule has 6 rings (SSSR count). The lowest BCUT2D eigenvalue weighted by Crippen LogP contribution is -2.22. The fourth-order valence-corrected chi connectivity index (χ4v) is 7.97. The van der Waals surface area contributed by atoms with Crippen molar-refractivity contribution in [3.05, 3.63) is 118 Å². The lowest BCUT2D eigenvalue weighted by atomic mass is 9.93. The smallest absolute Gasteiger partial charge is 0.125 e. The third-order valence-electron chi connectivity index (χ3n) is 5.60. The van der Waals surface area contributed by atoms with Crippen LogP contribution in [0.1, 0.15) is 21.6 Å². The zero-order valence-corrected chi connectivity index (χ0v) is 18.7. The second kappa shape index (κ2) is 6.94. The summed E-state index contributed by atoms with van der Waals surface area (Å²) in [5.74, 6) is 0.425. The predicted molar refractivity (Wildman–Crippen MR) is 129 cm³/mol. The highest BCUT2D eigenvalue weighted by molar-refractivity contribution is 8.04. The van der Waals surface area contributed by atoms with Crippen molar-refractivity contribution < 1.29 is 5.11 Å². The van der Waals surface area contributed by atoms with Gasteiger partial charge < -0.3 is 5.11 Å². The number of hydrogen-bond acceptors (Lipinski definition) is 4. The summed E-state index contributed by atoms with van der Waals surface area (Å²) in [5, 5.41) is 13.0. The second-order valence-corrected chi connectivity index (χ2v) is 11.1. The Morgan fingerprint density at radius 2 is 1.70 bits per heavy atom. The summed E-state index contributed by atoms with van der Waals surface area (Å²) in [4.78, 5) is 4.52. The largest absolute Gasteiger partial charge is 0.510 e. The first-order valence-corrected chi connectivity index (χ1v) is 12.3. The molecule has 2 aliphatic rings. The van der Waals surface area contributed by atoms with Crippen LogP contribution in [0.2, 0.25) is 0 Å². The van der Waals surface area contributed by atoms with Crippen LogP contribution in [0.5, 0.6) is 0 Å². The minimum absolute atomic E-state index is 0.425. The molecule has 0 saturated heterocycles. The minimum Gasteiger partial charge on any atom is -0.510 e. The van der Waals surface area contributed by atoms with E-state index in [4.69, 9.17) is 0 Å². The van der Waals surface area contributed by atoms with Gasteiger partial charge in [0, 0.05) is 37.1 Å². The Hall–Kier alpha value is -2.14. The zero-order valence-electron chi connectivity index (χ0n) is 16.3. The number of rotatable bonds is 2. The van der Waals surface area contributed by atoms with E-state index in [0.29, 0.717) is 5.76 Å². The summed E-state index contributed by atoms with van der Waals surface area (Å²) in [6, 6.07) is 25.6. The van der Waals surface area contributed by atoms with Crippen LogP contribution >= 0.6 is 34.9 Å². The number of aliphatic hydroxyl groups excluding tert-OH is 1. The Bertz CT molecular complexity index is 1270. The molecule has 0 saturated carbocycles. The molecule has 3 aromatic carbocycles. The minimum atomic E-state index is -0.610. The van der Waals surface area contributed by atoms with Gasteiger partial charge in [0.1, 0.15) is 10.5 Å². The molecular weight excluding hydrogens is 424 g/mol. The monoisotopic (exact) mass is 442 g/mol. The van der Waals surface area contributed by atoms with Gasteiger partial charge >= 0.3 is 0 Å². The molecule has 4 heteroatoms. The van der Waals surface area contributed by atoms with Crippen molar-refractivity contribution in [2.75, 3.05) is 0 Å². The van der Waals surface area contributed by atoms with Gasteiger partial charge in [0.25, 0.3) is 0 Å². The maximum absolute atomic E-state index is 11.8. The summed E-state index contributed by atoms with van der Waals surface area (Å²) in [6.45, 7) is 2.12. The number of allylic oxidation sites excluding steroid dienone is 1. The first-order chi connectivity index (χ1) is 14.6. The lowest BCUT2D eigenvalue weighted by molar-refractivity contribution is 0.369. The summed E-state index contributed by atoms with van der Waals surface area (Å²) in [7, 11) is 0. The van der Waals surface area contributed by atoms with Crippen molar-refractivity contribution in [3.8, 4) is 0 Å². The number of thiophene rings is 1. The number of benzene rings is 3. The molecule has 4 aromatic rings. The molecule has 146 valence electrons. The van der Waals surface area contributed by atoms with E-state index < -0.39 is 4.75 Å². The SMILES string of the molecule is Cc1ccc2c(c1)SC(/C(O)=C1/[CH]c3ccccc3S1)(c1cc3ccccc3s1)[CH]2. The molecule has 1 aromatic heterocycles. The van der Waals surface area contributed by atoms with E-state index >= 15 is 0 Å². The maximum atomic E-state index is 11.8. The number of hydrogen-bond donors (Lipinski definition) is 1. The number of aryl methyl sites for hydroxylation is 1. The molecule has 30 heavy (non-hydrogen) atoms. The Morgan fingerprint density at radius 1 is 0.867 bits per heavy atom. The van der Waals surface area contributed by atoms with E-state index in [1.54, 1.807) is 34.9 Å². The highest BCUT2D eigenvalue weighted by Gasteiger charge is 2.47. The number of thioether (sulfide) groups is 2. The van der Waals surface area contributed by atoms with E-state index in [-0.39, 0.29) is 0 Å². The molecule has 0 bridgehead atoms. The normalized spacial score (nSPS) is 21.6. The zero-order chi connectivity index (χ0) is 20.3. The van der Waals surface area contributed by atoms with Crippen molar-refractivity contribution in [2.24, 2.45) is 0 Å². The maximum Gasteiger partial charge on any atom is 0.125 e. The van der Waals surface area contributed by atoms with Crippen LogP contribution in [0, 0.1) is 19.8 Å². The Morgan fingerprint density at radius 3 is 2.57 bits per heavy atom. The fraction of sp³-hybridized carbons (Fsp3) is 0.0769. The average molecular weight is 443 g/mol. The van der Waals surface area contributed by atoms with Crippen LogP contribution in [0.15, 0.2) is 93.3 Å². The topological polar surface area (TPSA) is 20.2 Å². The summed E-state index contributed by atoms with van der Waals surface area (Å²) in [5.41, 5.74) is 3.60. The van der Waals surface area contributed by atoms with E-state index in [9.17, 15) is 5.11 Å². The van der Waals surface area contributed by atoms with Crippen molar-refractivity contribution in [1.82, 2.24) is 0 Å². The Balaban J connectivity index is 1.53. The van der Waals surface area contributed by atoms with Gasteiger partial charge in [0.15, 0.2) is 0 Å². The van der Waals surface area contributed by atoms with Gasteiger partial charge in [-0.3, -0.25) is 0 Å². The summed E-state index contributed by atoms with van der Waals surface area (Å²) < 4.78 is 0.637. The van der Waals surface area contributed by atoms with E-state index in [1.807, 2.05) is 6.07 Å². The number of aliphatic hydroxyl groups is 1. The molecule has 1 unspecified atom stereocenters. The van der Waals surface area contributed by atoms with Gasteiger partial charge in [0.2, 0.25) is 0 Å². The fourth-order valence-electron chi connectivity index (χ4n) is 4.07. The Labute approximate surface area is 188 Å². The third kappa shape index (κ3) is 2.85. The van der Waals surface area contributed by atoms with Gasteiger partial charge in [-0.25, -0.2) is 0 Å². The first-order valence-electron chi connectivity index (χ1n) is 9.82. The van der Waals surface area contributed by atoms with Gasteiger partial charge in [-0.1, -0.05) is 60.3 Å². The molecule has 2 radical (unpaired) electrons. The van der Waals surface area contributed by atoms with E-state index in [2.05, 4.69) is 86.5 Å². The molecule has 3 heterocycles. The molecule has 0 fully saturated rings. The first kappa shape index (κ1) is 18.6. The van der Waals surface area contributed by atoms with Crippen LogP contribution in [-0.4, -0.2) is 5.11 Å². The van der Waals surface area contributed by atoms with Crippen LogP contribution in [0.25, 0.3) is 10.1 Å². The van der Waals surface area contributed by atoms with Crippen molar-refractivity contribution in [1.29, 1.82) is 0 Å². The molecule has 0 aliphatic carbocycles. The molecule has 1 N–H and O–H groups in total. The van der Waals surface area contributed by atoms with Crippen LogP contribution in [-0.2, 0) is 4.75 Å². The highest BCUT2D eigenvalue weighted by Crippen LogP contribution is 2.60. The quantitative estimate of drug-likeness (QED) is 0.319. The summed E-state index contributed by atoms with van der Waals surface area (Å²) >= 11 is 5.18. The van der Waals surface area contributed by atoms with Gasteiger partial charge in [-0.2, -0.15) is 0 Å². The van der Waals surface area contributed by atoms with Crippen LogP contribution in [0.4, 0.5) is 0 Å².